The summed E-state index contributed by atoms with van der Waals surface area (Å²) in [5.41, 5.74) is 2.40. The summed E-state index contributed by atoms with van der Waals surface area (Å²) in [4.78, 5) is 33.0. The molecule has 12 heteroatoms. The van der Waals surface area contributed by atoms with Crippen LogP contribution in [0, 0.1) is 25.5 Å². The zero-order chi connectivity index (χ0) is 28.4. The Kier molecular flexibility index (Phi) is 8.04. The second kappa shape index (κ2) is 11.6. The summed E-state index contributed by atoms with van der Waals surface area (Å²) in [6.45, 7) is 4.82. The van der Waals surface area contributed by atoms with E-state index in [9.17, 15) is 13.6 Å². The fraction of sp³-hybridized carbons (Fsp3) is 0.321. The van der Waals surface area contributed by atoms with Gasteiger partial charge in [0.1, 0.15) is 28.9 Å². The Hall–Kier alpha value is -3.96. The lowest BCUT2D eigenvalue weighted by Crippen LogP contribution is -2.37. The maximum absolute atomic E-state index is 14.0. The number of hydrogen-bond acceptors (Lipinski definition) is 8. The molecule has 0 aromatic carbocycles. The van der Waals surface area contributed by atoms with E-state index in [1.807, 2.05) is 6.92 Å². The van der Waals surface area contributed by atoms with Gasteiger partial charge in [-0.1, -0.05) is 11.6 Å². The number of rotatable bonds is 7. The molecule has 5 rings (SSSR count). The fourth-order valence-corrected chi connectivity index (χ4v) is 4.80. The van der Waals surface area contributed by atoms with Crippen LogP contribution in [0.4, 0.5) is 14.7 Å². The summed E-state index contributed by atoms with van der Waals surface area (Å²) in [5, 5.41) is -0.185. The van der Waals surface area contributed by atoms with Gasteiger partial charge in [-0.15, -0.1) is 0 Å². The number of aromatic nitrogens is 5. The van der Waals surface area contributed by atoms with Crippen molar-refractivity contribution < 1.29 is 18.3 Å². The van der Waals surface area contributed by atoms with Crippen LogP contribution in [0.5, 0.6) is 5.75 Å². The van der Waals surface area contributed by atoms with Crippen molar-refractivity contribution >= 4 is 17.5 Å². The molecule has 0 amide bonds. The first-order valence-corrected chi connectivity index (χ1v) is 13.1. The number of methoxy groups -OCH3 is 1. The van der Waals surface area contributed by atoms with Crippen molar-refractivity contribution in [2.75, 3.05) is 25.1 Å². The van der Waals surface area contributed by atoms with Gasteiger partial charge in [-0.05, 0) is 44.4 Å². The number of nitrogens with zero attached hydrogens (tertiary/aromatic N) is 6. The lowest BCUT2D eigenvalue weighted by Gasteiger charge is -2.31. The lowest BCUT2D eigenvalue weighted by molar-refractivity contribution is 0.0816. The maximum Gasteiger partial charge on any atom is 0.277 e. The van der Waals surface area contributed by atoms with Crippen molar-refractivity contribution in [2.45, 2.75) is 39.4 Å². The average molecular weight is 569 g/mol. The van der Waals surface area contributed by atoms with Gasteiger partial charge < -0.3 is 14.4 Å². The smallest absolute Gasteiger partial charge is 0.277 e. The molecule has 208 valence electrons. The molecule has 4 aromatic heterocycles. The highest BCUT2D eigenvalue weighted by Crippen LogP contribution is 2.28. The number of ether oxygens (including phenoxy) is 2. The van der Waals surface area contributed by atoms with Crippen LogP contribution in [0.15, 0.2) is 47.7 Å². The highest BCUT2D eigenvalue weighted by Gasteiger charge is 2.22. The molecule has 0 radical (unpaired) electrons. The Labute approximate surface area is 234 Å². The quantitative estimate of drug-likeness (QED) is 0.313. The Balaban J connectivity index is 1.44. The standard InChI is InChI=1S/C28H27ClF2N6O3/c1-16-13-33-22(21-4-7-32-28(35-21)36-8-5-19(39-3)6-9-36)12-24(16)37-17(2)10-25(26(29)27(37)38)40-15-23-20(31)11-18(30)14-34-23/h4,7,10-14,19H,5-6,8-9,15H2,1-3H3. The van der Waals surface area contributed by atoms with Gasteiger partial charge in [-0.2, -0.15) is 0 Å². The van der Waals surface area contributed by atoms with Gasteiger partial charge in [0.2, 0.25) is 5.95 Å². The minimum absolute atomic E-state index is 0.0653. The Morgan fingerprint density at radius 1 is 1.05 bits per heavy atom. The molecule has 0 unspecified atom stereocenters. The third kappa shape index (κ3) is 5.66. The zero-order valence-corrected chi connectivity index (χ0v) is 23.0. The van der Waals surface area contributed by atoms with E-state index >= 15 is 0 Å². The SMILES string of the molecule is COC1CCN(c2nccc(-c3cc(-n4c(C)cc(OCc5ncc(F)cc5F)c(Cl)c4=O)c(C)cn3)n2)CC1. The molecule has 40 heavy (non-hydrogen) atoms. The molecule has 4 aromatic rings. The molecular formula is C28H27ClF2N6O3. The topological polar surface area (TPSA) is 95.3 Å². The van der Waals surface area contributed by atoms with Crippen LogP contribution in [0.2, 0.25) is 5.02 Å². The summed E-state index contributed by atoms with van der Waals surface area (Å²) in [6, 6.07) is 5.85. The second-order valence-electron chi connectivity index (χ2n) is 9.50. The summed E-state index contributed by atoms with van der Waals surface area (Å²) >= 11 is 6.40. The van der Waals surface area contributed by atoms with Crippen LogP contribution in [-0.2, 0) is 11.3 Å². The number of aryl methyl sites for hydroxylation is 2. The van der Waals surface area contributed by atoms with Gasteiger partial charge in [0.15, 0.2) is 5.82 Å². The van der Waals surface area contributed by atoms with Crippen LogP contribution in [0.3, 0.4) is 0 Å². The van der Waals surface area contributed by atoms with Crippen molar-refractivity contribution in [1.29, 1.82) is 0 Å². The van der Waals surface area contributed by atoms with E-state index in [1.165, 1.54) is 4.57 Å². The molecule has 5 heterocycles. The zero-order valence-electron chi connectivity index (χ0n) is 22.2. The Morgan fingerprint density at radius 3 is 2.55 bits per heavy atom. The molecule has 1 fully saturated rings. The number of halogens is 3. The van der Waals surface area contributed by atoms with E-state index in [1.54, 1.807) is 44.6 Å². The minimum Gasteiger partial charge on any atom is -0.485 e. The first-order chi connectivity index (χ1) is 19.2. The first kappa shape index (κ1) is 27.6. The van der Waals surface area contributed by atoms with E-state index in [4.69, 9.17) is 26.1 Å². The normalized spacial score (nSPS) is 14.0. The predicted octanol–water partition coefficient (Wildman–Crippen LogP) is 4.83. The summed E-state index contributed by atoms with van der Waals surface area (Å²) in [7, 11) is 1.73. The van der Waals surface area contributed by atoms with Crippen molar-refractivity contribution in [2.24, 2.45) is 0 Å². The van der Waals surface area contributed by atoms with E-state index in [2.05, 4.69) is 19.9 Å². The summed E-state index contributed by atoms with van der Waals surface area (Å²) in [5.74, 6) is -0.973. The van der Waals surface area contributed by atoms with Crippen LogP contribution >= 0.6 is 11.6 Å². The van der Waals surface area contributed by atoms with Gasteiger partial charge in [-0.3, -0.25) is 19.3 Å². The predicted molar refractivity (Wildman–Crippen MR) is 146 cm³/mol. The van der Waals surface area contributed by atoms with Gasteiger partial charge in [0, 0.05) is 50.4 Å². The highest BCUT2D eigenvalue weighted by atomic mass is 35.5. The van der Waals surface area contributed by atoms with E-state index < -0.39 is 17.2 Å². The average Bonchev–Trinajstić information content (AvgIpc) is 2.96. The van der Waals surface area contributed by atoms with E-state index in [-0.39, 0.29) is 29.2 Å². The molecular weight excluding hydrogens is 542 g/mol. The minimum atomic E-state index is -0.853. The molecule has 0 atom stereocenters. The highest BCUT2D eigenvalue weighted by molar-refractivity contribution is 6.31. The van der Waals surface area contributed by atoms with Gasteiger partial charge in [0.25, 0.3) is 5.56 Å². The molecule has 0 aliphatic carbocycles. The van der Waals surface area contributed by atoms with Gasteiger partial charge in [0.05, 0.1) is 29.4 Å². The lowest BCUT2D eigenvalue weighted by atomic mass is 10.1. The molecule has 0 spiro atoms. The van der Waals surface area contributed by atoms with Crippen molar-refractivity contribution in [3.05, 3.63) is 86.8 Å². The third-order valence-corrected chi connectivity index (χ3v) is 7.18. The molecule has 0 bridgehead atoms. The van der Waals surface area contributed by atoms with Gasteiger partial charge in [-0.25, -0.2) is 18.7 Å². The van der Waals surface area contributed by atoms with E-state index in [0.29, 0.717) is 34.8 Å². The van der Waals surface area contributed by atoms with Crippen LogP contribution < -0.4 is 15.2 Å². The number of pyridine rings is 3. The van der Waals surface area contributed by atoms with Gasteiger partial charge >= 0.3 is 0 Å². The second-order valence-corrected chi connectivity index (χ2v) is 9.87. The summed E-state index contributed by atoms with van der Waals surface area (Å²) < 4.78 is 39.7. The van der Waals surface area contributed by atoms with Crippen molar-refractivity contribution in [3.63, 3.8) is 0 Å². The Morgan fingerprint density at radius 2 is 1.82 bits per heavy atom. The molecule has 9 nitrogen and oxygen atoms in total. The largest absolute Gasteiger partial charge is 0.485 e. The van der Waals surface area contributed by atoms with Crippen molar-refractivity contribution in [3.8, 4) is 22.8 Å². The van der Waals surface area contributed by atoms with Crippen molar-refractivity contribution in [1.82, 2.24) is 24.5 Å². The molecule has 1 aliphatic heterocycles. The third-order valence-electron chi connectivity index (χ3n) is 6.83. The molecule has 1 saturated heterocycles. The van der Waals surface area contributed by atoms with Crippen LogP contribution in [-0.4, -0.2) is 50.8 Å². The van der Waals surface area contributed by atoms with E-state index in [0.717, 1.165) is 37.7 Å². The summed E-state index contributed by atoms with van der Waals surface area (Å²) in [6.07, 6.45) is 6.29. The first-order valence-electron chi connectivity index (χ1n) is 12.7. The number of hydrogen-bond donors (Lipinski definition) is 0. The Bertz CT molecular complexity index is 1610. The number of anilines is 1. The van der Waals surface area contributed by atoms with Crippen LogP contribution in [0.1, 0.15) is 29.8 Å². The monoisotopic (exact) mass is 568 g/mol. The molecule has 1 aliphatic rings. The number of piperidine rings is 1. The molecule has 0 saturated carbocycles. The fourth-order valence-electron chi connectivity index (χ4n) is 4.61. The maximum atomic E-state index is 14.0. The molecule has 0 N–H and O–H groups in total. The van der Waals surface area contributed by atoms with Crippen LogP contribution in [0.25, 0.3) is 17.1 Å².